The first-order valence-corrected chi connectivity index (χ1v) is 11.0. The quantitative estimate of drug-likeness (QED) is 0.352. The summed E-state index contributed by atoms with van der Waals surface area (Å²) < 4.78 is 58.5. The number of phosphoric ester groups is 1. The van der Waals surface area contributed by atoms with Gasteiger partial charge in [0.15, 0.2) is 5.76 Å². The highest BCUT2D eigenvalue weighted by atomic mass is 31.2. The van der Waals surface area contributed by atoms with Gasteiger partial charge < -0.3 is 29.0 Å². The third-order valence-corrected chi connectivity index (χ3v) is 4.84. The van der Waals surface area contributed by atoms with Crippen LogP contribution >= 0.6 is 7.82 Å². The Kier molecular flexibility index (Phi) is 8.52. The van der Waals surface area contributed by atoms with Gasteiger partial charge in [0.05, 0.1) is 20.0 Å². The number of hydrogen-bond donors (Lipinski definition) is 1. The molecule has 0 fully saturated rings. The van der Waals surface area contributed by atoms with Gasteiger partial charge in [-0.1, -0.05) is 24.1 Å². The molecule has 2 rings (SSSR count). The zero-order valence-electron chi connectivity index (χ0n) is 16.9. The highest BCUT2D eigenvalue weighted by molar-refractivity contribution is 7.43. The first-order valence-electron chi connectivity index (χ1n) is 9.53. The fourth-order valence-electron chi connectivity index (χ4n) is 2.72. The number of unbranched alkanes of at least 4 members (excludes halogenated alkanes) is 1. The first kappa shape index (κ1) is 25.2. The van der Waals surface area contributed by atoms with E-state index in [1.807, 2.05) is 0 Å². The monoisotopic (exact) mass is 457 g/mol. The molecule has 1 atom stereocenters. The summed E-state index contributed by atoms with van der Waals surface area (Å²) in [6.45, 7) is 1.15. The Morgan fingerprint density at radius 2 is 1.94 bits per heavy atom. The number of phosphoric acid groups is 1. The molecule has 0 amide bonds. The van der Waals surface area contributed by atoms with Gasteiger partial charge in [-0.3, -0.25) is 0 Å². The fourth-order valence-corrected chi connectivity index (χ4v) is 3.17. The zero-order chi connectivity index (χ0) is 23.1. The van der Waals surface area contributed by atoms with Gasteiger partial charge in [-0.25, -0.2) is 0 Å². The lowest BCUT2D eigenvalue weighted by Gasteiger charge is -2.33. The summed E-state index contributed by atoms with van der Waals surface area (Å²) >= 11 is 0. The Balaban J connectivity index is 1.78. The maximum atomic E-state index is 12.7. The molecule has 1 unspecified atom stereocenters. The van der Waals surface area contributed by atoms with Crippen LogP contribution in [0.2, 0.25) is 0 Å². The minimum absolute atomic E-state index is 0.324. The van der Waals surface area contributed by atoms with Crippen molar-refractivity contribution < 1.29 is 36.5 Å². The number of benzene rings is 1. The SMILES string of the molecule is CC(N)(CCc1ccc(C#CCCCc2cccc(C(F)(F)F)c2)o1)COP(=O)([O-])[O-]. The van der Waals surface area contributed by atoms with E-state index in [0.717, 1.165) is 12.1 Å². The summed E-state index contributed by atoms with van der Waals surface area (Å²) in [5.41, 5.74) is 4.85. The van der Waals surface area contributed by atoms with Crippen LogP contribution in [0.4, 0.5) is 13.2 Å². The van der Waals surface area contributed by atoms with E-state index in [2.05, 4.69) is 16.4 Å². The third-order valence-electron chi connectivity index (χ3n) is 4.39. The van der Waals surface area contributed by atoms with Crippen LogP contribution in [0.5, 0.6) is 0 Å². The molecule has 1 aromatic heterocycles. The number of aryl methyl sites for hydroxylation is 2. The second-order valence-electron chi connectivity index (χ2n) is 7.49. The predicted octanol–water partition coefficient (Wildman–Crippen LogP) is 3.17. The molecule has 31 heavy (non-hydrogen) atoms. The van der Waals surface area contributed by atoms with Crippen molar-refractivity contribution in [1.29, 1.82) is 0 Å². The van der Waals surface area contributed by atoms with Gasteiger partial charge in [0.2, 0.25) is 0 Å². The van der Waals surface area contributed by atoms with Crippen LogP contribution in [-0.2, 0) is 28.1 Å². The minimum atomic E-state index is -5.07. The van der Waals surface area contributed by atoms with Crippen LogP contribution in [0.1, 0.15) is 48.8 Å². The number of furan rings is 1. The lowest BCUT2D eigenvalue weighted by atomic mass is 9.98. The van der Waals surface area contributed by atoms with Crippen LogP contribution < -0.4 is 15.5 Å². The number of halogens is 3. The average Bonchev–Trinajstić information content (AvgIpc) is 3.12. The Bertz CT molecular complexity index is 969. The molecule has 0 aliphatic heterocycles. The molecule has 0 aliphatic carbocycles. The topological polar surface area (TPSA) is 112 Å². The molecule has 0 bridgehead atoms. The molecule has 10 heteroatoms. The van der Waals surface area contributed by atoms with Gasteiger partial charge in [0, 0.05) is 18.4 Å². The van der Waals surface area contributed by atoms with Crippen molar-refractivity contribution in [3.63, 3.8) is 0 Å². The van der Waals surface area contributed by atoms with Gasteiger partial charge in [-0.2, -0.15) is 13.2 Å². The molecular weight excluding hydrogens is 434 g/mol. The molecule has 0 spiro atoms. The normalized spacial score (nSPS) is 14.0. The summed E-state index contributed by atoms with van der Waals surface area (Å²) in [6, 6.07) is 8.65. The van der Waals surface area contributed by atoms with E-state index in [1.54, 1.807) is 25.1 Å². The Morgan fingerprint density at radius 3 is 2.61 bits per heavy atom. The second kappa shape index (κ2) is 10.5. The van der Waals surface area contributed by atoms with Crippen molar-refractivity contribution in [2.24, 2.45) is 5.73 Å². The fraction of sp³-hybridized carbons (Fsp3) is 0.429. The molecule has 6 nitrogen and oxygen atoms in total. The smallest absolute Gasteiger partial charge is 0.416 e. The first-order chi connectivity index (χ1) is 14.3. The second-order valence-corrected chi connectivity index (χ2v) is 8.65. The Morgan fingerprint density at radius 1 is 1.19 bits per heavy atom. The maximum absolute atomic E-state index is 12.7. The third kappa shape index (κ3) is 9.72. The molecule has 0 saturated carbocycles. The van der Waals surface area contributed by atoms with Crippen molar-refractivity contribution in [2.75, 3.05) is 6.61 Å². The summed E-state index contributed by atoms with van der Waals surface area (Å²) in [7, 11) is -5.07. The number of rotatable bonds is 9. The number of hydrogen-bond acceptors (Lipinski definition) is 6. The van der Waals surface area contributed by atoms with Gasteiger partial charge in [-0.15, -0.1) is 0 Å². The molecular formula is C21H23F3NO5P-2. The summed E-state index contributed by atoms with van der Waals surface area (Å²) in [5.74, 6) is 6.82. The molecule has 0 saturated heterocycles. The van der Waals surface area contributed by atoms with E-state index in [4.69, 9.17) is 10.2 Å². The molecule has 2 N–H and O–H groups in total. The van der Waals surface area contributed by atoms with E-state index in [1.165, 1.54) is 6.07 Å². The minimum Gasteiger partial charge on any atom is -0.790 e. The van der Waals surface area contributed by atoms with Crippen molar-refractivity contribution in [3.8, 4) is 11.8 Å². The number of nitrogens with two attached hydrogens (primary N) is 1. The molecule has 0 aliphatic rings. The molecule has 0 radical (unpaired) electrons. The predicted molar refractivity (Wildman–Crippen MR) is 104 cm³/mol. The van der Waals surface area contributed by atoms with E-state index in [-0.39, 0.29) is 0 Å². The largest absolute Gasteiger partial charge is 0.790 e. The molecule has 170 valence electrons. The van der Waals surface area contributed by atoms with E-state index >= 15 is 0 Å². The maximum Gasteiger partial charge on any atom is 0.416 e. The average molecular weight is 457 g/mol. The summed E-state index contributed by atoms with van der Waals surface area (Å²) in [5, 5.41) is 0. The van der Waals surface area contributed by atoms with Crippen LogP contribution in [-0.4, -0.2) is 12.1 Å². The van der Waals surface area contributed by atoms with Gasteiger partial charge in [0.1, 0.15) is 5.76 Å². The van der Waals surface area contributed by atoms with Crippen LogP contribution in [0.25, 0.3) is 0 Å². The van der Waals surface area contributed by atoms with Crippen LogP contribution in [0.3, 0.4) is 0 Å². The Labute approximate surface area is 178 Å². The standard InChI is InChI=1S/C21H25F3NO5P/c1-20(25,15-29-31(26,27)28)13-12-19-11-10-18(30-19)9-4-2-3-6-16-7-5-8-17(14-16)21(22,23)24/h5,7-8,10-11,14H,2-3,6,12-13,15,25H2,1H3,(H2,26,27,28)/p-2. The van der Waals surface area contributed by atoms with Gasteiger partial charge in [0.25, 0.3) is 0 Å². The molecule has 1 heterocycles. The van der Waals surface area contributed by atoms with Gasteiger partial charge in [-0.05, 0) is 55.9 Å². The summed E-state index contributed by atoms with van der Waals surface area (Å²) in [6.07, 6.45) is -2.04. The van der Waals surface area contributed by atoms with Crippen molar-refractivity contribution in [2.45, 2.75) is 50.7 Å². The molecule has 1 aromatic carbocycles. The lowest BCUT2D eigenvalue weighted by Crippen LogP contribution is -2.42. The van der Waals surface area contributed by atoms with Crippen molar-refractivity contribution in [3.05, 3.63) is 59.0 Å². The lowest BCUT2D eigenvalue weighted by molar-refractivity contribution is -0.342. The highest BCUT2D eigenvalue weighted by Crippen LogP contribution is 2.30. The molecule has 2 aromatic rings. The van der Waals surface area contributed by atoms with Gasteiger partial charge >= 0.3 is 6.18 Å². The van der Waals surface area contributed by atoms with Crippen LogP contribution in [0.15, 0.2) is 40.8 Å². The van der Waals surface area contributed by atoms with Crippen molar-refractivity contribution >= 4 is 7.82 Å². The van der Waals surface area contributed by atoms with E-state index in [9.17, 15) is 27.5 Å². The zero-order valence-corrected chi connectivity index (χ0v) is 17.8. The van der Waals surface area contributed by atoms with E-state index < -0.39 is 31.7 Å². The van der Waals surface area contributed by atoms with Crippen LogP contribution in [0, 0.1) is 11.8 Å². The number of alkyl halides is 3. The van der Waals surface area contributed by atoms with E-state index in [0.29, 0.717) is 49.2 Å². The highest BCUT2D eigenvalue weighted by Gasteiger charge is 2.30. The van der Waals surface area contributed by atoms with Crippen molar-refractivity contribution in [1.82, 2.24) is 0 Å². The Hall–Kier alpha value is -2.08. The summed E-state index contributed by atoms with van der Waals surface area (Å²) in [4.78, 5) is 21.1.